The van der Waals surface area contributed by atoms with Crippen LogP contribution in [0.5, 0.6) is 5.75 Å². The van der Waals surface area contributed by atoms with Crippen molar-refractivity contribution in [2.24, 2.45) is 0 Å². The maximum absolute atomic E-state index is 14.7. The van der Waals surface area contributed by atoms with E-state index in [4.69, 9.17) is 14.2 Å². The number of ether oxygens (including phenoxy) is 3. The van der Waals surface area contributed by atoms with Crippen molar-refractivity contribution in [2.45, 2.75) is 110 Å². The summed E-state index contributed by atoms with van der Waals surface area (Å²) < 4.78 is 60.6. The summed E-state index contributed by atoms with van der Waals surface area (Å²) in [5.74, 6) is -1.71. The van der Waals surface area contributed by atoms with Crippen LogP contribution in [0.4, 0.5) is 28.4 Å². The van der Waals surface area contributed by atoms with Crippen LogP contribution in [0.15, 0.2) is 42.5 Å². The van der Waals surface area contributed by atoms with E-state index in [-0.39, 0.29) is 43.7 Å². The Hall–Kier alpha value is -4.49. The number of hydrogen-bond acceptors (Lipinski definition) is 7. The zero-order valence-electron chi connectivity index (χ0n) is 29.8. The lowest BCUT2D eigenvalue weighted by Crippen LogP contribution is -2.57. The van der Waals surface area contributed by atoms with Gasteiger partial charge in [-0.3, -0.25) is 9.59 Å². The Bertz CT molecular complexity index is 1570. The Balaban J connectivity index is 1.64. The van der Waals surface area contributed by atoms with E-state index in [0.717, 1.165) is 17.7 Å². The number of alkyl halides is 3. The van der Waals surface area contributed by atoms with E-state index in [9.17, 15) is 32.3 Å². The van der Waals surface area contributed by atoms with Gasteiger partial charge in [0.25, 0.3) is 11.8 Å². The summed E-state index contributed by atoms with van der Waals surface area (Å²) in [6.45, 7) is 13.2. The highest BCUT2D eigenvalue weighted by Gasteiger charge is 2.46. The van der Waals surface area contributed by atoms with E-state index in [0.29, 0.717) is 12.8 Å². The number of piperidine rings is 1. The highest BCUT2D eigenvalue weighted by molar-refractivity contribution is 6.05. The monoisotopic (exact) mass is 704 g/mol. The summed E-state index contributed by atoms with van der Waals surface area (Å²) in [6, 6.07) is 9.44. The predicted octanol–water partition coefficient (Wildman–Crippen LogP) is 6.77. The lowest BCUT2D eigenvalue weighted by Gasteiger charge is -2.44. The van der Waals surface area contributed by atoms with Gasteiger partial charge in [0.2, 0.25) is 0 Å². The van der Waals surface area contributed by atoms with Gasteiger partial charge in [-0.05, 0) is 85.9 Å². The average molecular weight is 705 g/mol. The molecule has 0 aromatic heterocycles. The minimum absolute atomic E-state index is 0.0203. The average Bonchev–Trinajstić information content (AvgIpc) is 3.01. The molecule has 2 aliphatic heterocycles. The summed E-state index contributed by atoms with van der Waals surface area (Å²) in [5.41, 5.74) is -3.45. The molecule has 1 saturated heterocycles. The Morgan fingerprint density at radius 1 is 1.08 bits per heavy atom. The molecule has 0 saturated carbocycles. The van der Waals surface area contributed by atoms with Crippen molar-refractivity contribution < 1.29 is 46.6 Å². The molecule has 2 heterocycles. The third-order valence-electron chi connectivity index (χ3n) is 8.54. The normalized spacial score (nSPS) is 19.0. The van der Waals surface area contributed by atoms with Gasteiger partial charge in [0.1, 0.15) is 18.0 Å². The van der Waals surface area contributed by atoms with Crippen LogP contribution in [-0.2, 0) is 27.1 Å². The summed E-state index contributed by atoms with van der Waals surface area (Å²) in [6.07, 6.45) is -5.31. The molecule has 4 rings (SSSR count). The van der Waals surface area contributed by atoms with Gasteiger partial charge in [0.05, 0.1) is 22.9 Å². The first kappa shape index (κ1) is 38.3. The molecule has 0 spiro atoms. The summed E-state index contributed by atoms with van der Waals surface area (Å²) >= 11 is 0. The molecule has 14 heteroatoms. The molecule has 0 radical (unpaired) electrons. The quantitative estimate of drug-likeness (QED) is 0.322. The zero-order chi connectivity index (χ0) is 37.2. The maximum atomic E-state index is 14.7. The smallest absolute Gasteiger partial charge is 0.417 e. The van der Waals surface area contributed by atoms with Crippen molar-refractivity contribution in [1.82, 2.24) is 15.1 Å². The predicted molar refractivity (Wildman–Crippen MR) is 180 cm³/mol. The first-order chi connectivity index (χ1) is 23.2. The molecule has 0 aliphatic carbocycles. The van der Waals surface area contributed by atoms with Gasteiger partial charge in [-0.25, -0.2) is 9.59 Å². The van der Waals surface area contributed by atoms with Crippen LogP contribution in [0.1, 0.15) is 89.7 Å². The number of likely N-dealkylation sites (tertiary alicyclic amines) is 1. The van der Waals surface area contributed by atoms with Crippen LogP contribution < -0.4 is 15.0 Å². The zero-order valence-corrected chi connectivity index (χ0v) is 29.8. The molecule has 274 valence electrons. The fourth-order valence-electron chi connectivity index (χ4n) is 6.14. The molecular weight excluding hydrogens is 657 g/mol. The van der Waals surface area contributed by atoms with E-state index in [1.165, 1.54) is 28.5 Å². The summed E-state index contributed by atoms with van der Waals surface area (Å²) in [4.78, 5) is 57.4. The van der Waals surface area contributed by atoms with E-state index in [1.807, 2.05) is 13.0 Å². The molecule has 0 bridgehead atoms. The highest BCUT2D eigenvalue weighted by Crippen LogP contribution is 2.44. The Kier molecular flexibility index (Phi) is 11.3. The number of anilines is 1. The van der Waals surface area contributed by atoms with Crippen molar-refractivity contribution in [3.63, 3.8) is 0 Å². The first-order valence-electron chi connectivity index (χ1n) is 16.7. The Morgan fingerprint density at radius 3 is 2.34 bits per heavy atom. The topological polar surface area (TPSA) is 118 Å². The minimum Gasteiger partial charge on any atom is -0.476 e. The maximum Gasteiger partial charge on any atom is 0.417 e. The van der Waals surface area contributed by atoms with Crippen LogP contribution in [-0.4, -0.2) is 82.8 Å². The van der Waals surface area contributed by atoms with Gasteiger partial charge in [-0.1, -0.05) is 30.3 Å². The van der Waals surface area contributed by atoms with Gasteiger partial charge < -0.3 is 34.2 Å². The lowest BCUT2D eigenvalue weighted by atomic mass is 9.94. The second kappa shape index (κ2) is 14.8. The van der Waals surface area contributed by atoms with Crippen LogP contribution in [0, 0.1) is 0 Å². The summed E-state index contributed by atoms with van der Waals surface area (Å²) in [7, 11) is 0. The van der Waals surface area contributed by atoms with Crippen molar-refractivity contribution in [2.75, 3.05) is 24.5 Å². The lowest BCUT2D eigenvalue weighted by molar-refractivity contribution is -0.138. The van der Waals surface area contributed by atoms with Crippen LogP contribution in [0.25, 0.3) is 0 Å². The van der Waals surface area contributed by atoms with Gasteiger partial charge in [-0.2, -0.15) is 13.2 Å². The molecule has 2 aromatic rings. The van der Waals surface area contributed by atoms with E-state index >= 15 is 0 Å². The third-order valence-corrected chi connectivity index (χ3v) is 8.54. The molecule has 4 amide bonds. The fraction of sp³-hybridized carbons (Fsp3) is 0.556. The number of rotatable bonds is 8. The number of nitrogens with one attached hydrogen (secondary N) is 1. The number of halogens is 3. The van der Waals surface area contributed by atoms with Gasteiger partial charge in [0.15, 0.2) is 5.60 Å². The molecular formula is C36H47F3N4O7. The van der Waals surface area contributed by atoms with E-state index in [2.05, 4.69) is 5.32 Å². The number of hydrogen-bond donors (Lipinski definition) is 1. The van der Waals surface area contributed by atoms with Gasteiger partial charge in [-0.15, -0.1) is 0 Å². The largest absolute Gasteiger partial charge is 0.476 e. The molecule has 1 N–H and O–H groups in total. The third kappa shape index (κ3) is 8.99. The number of carbonyl (C=O) groups excluding carboxylic acids is 4. The minimum atomic E-state index is -4.95. The van der Waals surface area contributed by atoms with E-state index < -0.39 is 64.6 Å². The van der Waals surface area contributed by atoms with Crippen molar-refractivity contribution in [1.29, 1.82) is 0 Å². The number of amides is 4. The number of fused-ring (bicyclic) bond motifs is 1. The van der Waals surface area contributed by atoms with Crippen LogP contribution in [0.2, 0.25) is 0 Å². The highest BCUT2D eigenvalue weighted by atomic mass is 19.4. The second-order valence-electron chi connectivity index (χ2n) is 14.4. The molecule has 2 aromatic carbocycles. The van der Waals surface area contributed by atoms with Gasteiger partial charge in [0, 0.05) is 31.7 Å². The molecule has 2 aliphatic rings. The van der Waals surface area contributed by atoms with Crippen molar-refractivity contribution in [3.8, 4) is 5.75 Å². The van der Waals surface area contributed by atoms with Crippen molar-refractivity contribution in [3.05, 3.63) is 59.2 Å². The standard InChI is InChI=1S/C36H47F3N4O7/c1-22(2)43(25-15-14-23(3)42(20-25)33(47)50-34(4,5)6)30(44)26-18-28-29(19-27(26)36(37,38)39)49-35(7,8)31(45)41(28)17-16-40-32(46)48-21-24-12-10-9-11-13-24/h9-13,18-19,22-23,25H,14-17,20-21H2,1-8H3,(H,40,46)/t23-,25+/m0/s1. The fourth-order valence-corrected chi connectivity index (χ4v) is 6.14. The van der Waals surface area contributed by atoms with E-state index in [1.54, 1.807) is 58.9 Å². The number of nitrogens with zero attached hydrogens (tertiary/aromatic N) is 3. The number of benzene rings is 2. The molecule has 1 fully saturated rings. The number of carbonyl (C=O) groups is 4. The molecule has 0 unspecified atom stereocenters. The number of alkyl carbamates (subject to hydrolysis) is 1. The molecule has 2 atom stereocenters. The second-order valence-corrected chi connectivity index (χ2v) is 14.4. The Labute approximate surface area is 291 Å². The van der Waals surface area contributed by atoms with Crippen LogP contribution >= 0.6 is 0 Å². The summed E-state index contributed by atoms with van der Waals surface area (Å²) in [5, 5.41) is 2.57. The first-order valence-corrected chi connectivity index (χ1v) is 16.7. The Morgan fingerprint density at radius 2 is 1.74 bits per heavy atom. The van der Waals surface area contributed by atoms with Crippen molar-refractivity contribution >= 4 is 29.7 Å². The van der Waals surface area contributed by atoms with Crippen LogP contribution in [0.3, 0.4) is 0 Å². The molecule has 50 heavy (non-hydrogen) atoms. The van der Waals surface area contributed by atoms with Gasteiger partial charge >= 0.3 is 18.4 Å². The molecule has 11 nitrogen and oxygen atoms in total. The SMILES string of the molecule is CC(C)N(C(=O)c1cc2c(cc1C(F)(F)F)OC(C)(C)C(=O)N2CCNC(=O)OCc1ccccc1)[C@@H]1CC[C@H](C)N(C(=O)OC(C)(C)C)C1.